The number of amides is 4. The Labute approximate surface area is 202 Å². The summed E-state index contributed by atoms with van der Waals surface area (Å²) in [5, 5.41) is 5.85. The first-order chi connectivity index (χ1) is 16.4. The van der Waals surface area contributed by atoms with Gasteiger partial charge in [0.25, 0.3) is 5.91 Å². The molecule has 0 saturated carbocycles. The van der Waals surface area contributed by atoms with Crippen LogP contribution in [0.4, 0.5) is 10.5 Å². The molecule has 0 atom stereocenters. The molecule has 2 N–H and O–H groups in total. The van der Waals surface area contributed by atoms with E-state index in [1.807, 2.05) is 37.3 Å². The van der Waals surface area contributed by atoms with Crippen molar-refractivity contribution in [1.82, 2.24) is 10.2 Å². The maximum atomic E-state index is 12.7. The van der Waals surface area contributed by atoms with Crippen LogP contribution in [0.3, 0.4) is 0 Å². The number of nitrogens with one attached hydrogen (secondary N) is 2. The highest BCUT2D eigenvalue weighted by Crippen LogP contribution is 2.21. The van der Waals surface area contributed by atoms with Gasteiger partial charge in [-0.2, -0.15) is 0 Å². The second-order valence-electron chi connectivity index (χ2n) is 7.75. The molecule has 1 aliphatic heterocycles. The van der Waals surface area contributed by atoms with Gasteiger partial charge in [-0.1, -0.05) is 54.1 Å². The van der Waals surface area contributed by atoms with E-state index >= 15 is 0 Å². The molecule has 0 radical (unpaired) electrons. The number of hydrogen-bond acceptors (Lipinski definition) is 4. The molecule has 1 aliphatic rings. The van der Waals surface area contributed by atoms with Gasteiger partial charge in [-0.05, 0) is 54.5 Å². The third-order valence-corrected chi connectivity index (χ3v) is 5.48. The molecule has 3 aromatic carbocycles. The van der Waals surface area contributed by atoms with Gasteiger partial charge in [-0.25, -0.2) is 9.69 Å². The van der Waals surface area contributed by atoms with Crippen molar-refractivity contribution in [3.05, 3.63) is 100 Å². The van der Waals surface area contributed by atoms with Crippen molar-refractivity contribution >= 4 is 41.2 Å². The smallest absolute Gasteiger partial charge is 0.329 e. The fraction of sp³-hybridized carbons (Fsp3) is 0.115. The van der Waals surface area contributed by atoms with Gasteiger partial charge in [0.2, 0.25) is 5.91 Å². The number of carbonyl (C=O) groups excluding carboxylic acids is 3. The number of benzene rings is 3. The molecule has 4 amide bonds. The lowest BCUT2D eigenvalue weighted by Crippen LogP contribution is -2.38. The molecular formula is C26H22ClN3O4. The Balaban J connectivity index is 1.36. The second-order valence-corrected chi connectivity index (χ2v) is 8.15. The minimum Gasteiger partial charge on any atom is -0.489 e. The highest BCUT2D eigenvalue weighted by atomic mass is 35.5. The average molecular weight is 476 g/mol. The maximum Gasteiger partial charge on any atom is 0.329 e. The van der Waals surface area contributed by atoms with Gasteiger partial charge in [0, 0.05) is 16.3 Å². The maximum absolute atomic E-state index is 12.7. The molecular weight excluding hydrogens is 454 g/mol. The number of urea groups is 1. The van der Waals surface area contributed by atoms with Gasteiger partial charge in [-0.3, -0.25) is 9.59 Å². The zero-order valence-electron chi connectivity index (χ0n) is 18.4. The standard InChI is InChI=1S/C26H22ClN3O4/c1-17-5-4-7-20(13-17)28-24(31)15-30-25(32)23(29-26(30)33)14-18-9-11-21(12-10-18)34-16-19-6-2-3-8-22(19)27/h2-14H,15-16H2,1H3,(H,28,31)(H,29,33)/b23-14+. The molecule has 4 rings (SSSR count). The summed E-state index contributed by atoms with van der Waals surface area (Å²) in [5.41, 5.74) is 3.25. The number of anilines is 1. The van der Waals surface area contributed by atoms with Gasteiger partial charge in [0.05, 0.1) is 0 Å². The molecule has 1 saturated heterocycles. The number of hydrogen-bond donors (Lipinski definition) is 2. The van der Waals surface area contributed by atoms with Crippen molar-refractivity contribution in [3.8, 4) is 5.75 Å². The number of aryl methyl sites for hydroxylation is 1. The van der Waals surface area contributed by atoms with Crippen molar-refractivity contribution in [3.63, 3.8) is 0 Å². The number of halogens is 1. The van der Waals surface area contributed by atoms with E-state index < -0.39 is 17.8 Å². The van der Waals surface area contributed by atoms with Gasteiger partial charge < -0.3 is 15.4 Å². The van der Waals surface area contributed by atoms with Crippen LogP contribution in [-0.2, 0) is 16.2 Å². The predicted octanol–water partition coefficient (Wildman–Crippen LogP) is 4.76. The zero-order chi connectivity index (χ0) is 24.1. The molecule has 0 aliphatic carbocycles. The number of imide groups is 1. The highest BCUT2D eigenvalue weighted by molar-refractivity contribution is 6.31. The molecule has 34 heavy (non-hydrogen) atoms. The minimum atomic E-state index is -0.643. The first-order valence-electron chi connectivity index (χ1n) is 10.6. The summed E-state index contributed by atoms with van der Waals surface area (Å²) < 4.78 is 5.76. The average Bonchev–Trinajstić information content (AvgIpc) is 3.07. The molecule has 0 unspecified atom stereocenters. The highest BCUT2D eigenvalue weighted by Gasteiger charge is 2.34. The number of rotatable bonds is 7. The number of carbonyl (C=O) groups is 3. The summed E-state index contributed by atoms with van der Waals surface area (Å²) in [5.74, 6) is -0.392. The van der Waals surface area contributed by atoms with E-state index in [-0.39, 0.29) is 12.2 Å². The summed E-state index contributed by atoms with van der Waals surface area (Å²) >= 11 is 6.14. The molecule has 0 spiro atoms. The fourth-order valence-corrected chi connectivity index (χ4v) is 3.58. The van der Waals surface area contributed by atoms with Crippen molar-refractivity contribution in [2.75, 3.05) is 11.9 Å². The lowest BCUT2D eigenvalue weighted by Gasteiger charge is -2.12. The van der Waals surface area contributed by atoms with Crippen LogP contribution in [0.15, 0.2) is 78.5 Å². The van der Waals surface area contributed by atoms with Crippen molar-refractivity contribution in [2.45, 2.75) is 13.5 Å². The molecule has 1 heterocycles. The summed E-state index contributed by atoms with van der Waals surface area (Å²) in [4.78, 5) is 38.2. The molecule has 1 fully saturated rings. The van der Waals surface area contributed by atoms with Crippen LogP contribution < -0.4 is 15.4 Å². The Morgan fingerprint density at radius 3 is 2.56 bits per heavy atom. The van der Waals surface area contributed by atoms with Crippen LogP contribution in [0.5, 0.6) is 5.75 Å². The third kappa shape index (κ3) is 5.63. The molecule has 8 heteroatoms. The van der Waals surface area contributed by atoms with Crippen molar-refractivity contribution in [2.24, 2.45) is 0 Å². The van der Waals surface area contributed by atoms with E-state index in [1.54, 1.807) is 48.5 Å². The number of nitrogens with zero attached hydrogens (tertiary/aromatic N) is 1. The quantitative estimate of drug-likeness (QED) is 0.381. The van der Waals surface area contributed by atoms with E-state index in [2.05, 4.69) is 10.6 Å². The SMILES string of the molecule is Cc1cccc(NC(=O)CN2C(=O)N/C(=C/c3ccc(OCc4ccccc4Cl)cc3)C2=O)c1. The first kappa shape index (κ1) is 23.1. The van der Waals surface area contributed by atoms with E-state index in [4.69, 9.17) is 16.3 Å². The predicted molar refractivity (Wildman–Crippen MR) is 130 cm³/mol. The first-order valence-corrected chi connectivity index (χ1v) is 10.9. The Bertz CT molecular complexity index is 1270. The van der Waals surface area contributed by atoms with Crippen LogP contribution in [0, 0.1) is 6.92 Å². The normalized spacial score (nSPS) is 14.3. The monoisotopic (exact) mass is 475 g/mol. The van der Waals surface area contributed by atoms with E-state index in [1.165, 1.54) is 0 Å². The van der Waals surface area contributed by atoms with Crippen LogP contribution >= 0.6 is 11.6 Å². The van der Waals surface area contributed by atoms with Gasteiger partial charge in [-0.15, -0.1) is 0 Å². The Morgan fingerprint density at radius 2 is 1.82 bits per heavy atom. The molecule has 0 aromatic heterocycles. The van der Waals surface area contributed by atoms with Crippen LogP contribution in [0.25, 0.3) is 6.08 Å². The van der Waals surface area contributed by atoms with Crippen molar-refractivity contribution in [1.29, 1.82) is 0 Å². The molecule has 172 valence electrons. The summed E-state index contributed by atoms with van der Waals surface area (Å²) in [6, 6.07) is 21.1. The Morgan fingerprint density at radius 1 is 1.06 bits per heavy atom. The molecule has 0 bridgehead atoms. The van der Waals surface area contributed by atoms with E-state index in [0.29, 0.717) is 28.6 Å². The van der Waals surface area contributed by atoms with Gasteiger partial charge >= 0.3 is 6.03 Å². The minimum absolute atomic E-state index is 0.0955. The van der Waals surface area contributed by atoms with Crippen LogP contribution in [0.2, 0.25) is 5.02 Å². The summed E-state index contributed by atoms with van der Waals surface area (Å²) in [6.45, 7) is 1.85. The van der Waals surface area contributed by atoms with E-state index in [0.717, 1.165) is 16.0 Å². The van der Waals surface area contributed by atoms with E-state index in [9.17, 15) is 14.4 Å². The lowest BCUT2D eigenvalue weighted by molar-refractivity contribution is -0.127. The van der Waals surface area contributed by atoms with Gasteiger partial charge in [0.15, 0.2) is 0 Å². The Hall–Kier alpha value is -4.10. The van der Waals surface area contributed by atoms with Gasteiger partial charge in [0.1, 0.15) is 24.6 Å². The van der Waals surface area contributed by atoms with Crippen LogP contribution in [0.1, 0.15) is 16.7 Å². The lowest BCUT2D eigenvalue weighted by atomic mass is 10.2. The summed E-state index contributed by atoms with van der Waals surface area (Å²) in [6.07, 6.45) is 1.55. The Kier molecular flexibility index (Phi) is 6.94. The fourth-order valence-electron chi connectivity index (χ4n) is 3.39. The number of ether oxygens (including phenoxy) is 1. The third-order valence-electron chi connectivity index (χ3n) is 5.11. The second kappa shape index (κ2) is 10.2. The largest absolute Gasteiger partial charge is 0.489 e. The van der Waals surface area contributed by atoms with Crippen molar-refractivity contribution < 1.29 is 19.1 Å². The summed E-state index contributed by atoms with van der Waals surface area (Å²) in [7, 11) is 0. The zero-order valence-corrected chi connectivity index (χ0v) is 19.1. The molecule has 3 aromatic rings. The molecule has 7 nitrogen and oxygen atoms in total. The van der Waals surface area contributed by atoms with Crippen LogP contribution in [-0.4, -0.2) is 29.3 Å². The topological polar surface area (TPSA) is 87.7 Å².